The largest absolute Gasteiger partial charge is 0.368 e. The Bertz CT molecular complexity index is 409. The lowest BCUT2D eigenvalue weighted by Gasteiger charge is -2.29. The molecule has 98 valence electrons. The minimum Gasteiger partial charge on any atom is -0.368 e. The molecule has 3 nitrogen and oxygen atoms in total. The predicted octanol–water partition coefficient (Wildman–Crippen LogP) is 2.37. The van der Waals surface area contributed by atoms with Gasteiger partial charge in [-0.25, -0.2) is 0 Å². The lowest BCUT2D eigenvalue weighted by molar-refractivity contribution is 0.273. The van der Waals surface area contributed by atoms with Crippen LogP contribution in [0.2, 0.25) is 0 Å². The zero-order valence-electron chi connectivity index (χ0n) is 11.5. The maximum absolute atomic E-state index is 4.48. The van der Waals surface area contributed by atoms with E-state index in [-0.39, 0.29) is 0 Å². The van der Waals surface area contributed by atoms with Gasteiger partial charge in [-0.3, -0.25) is 9.88 Å². The number of rotatable bonds is 1. The van der Waals surface area contributed by atoms with Crippen molar-refractivity contribution in [3.05, 3.63) is 23.5 Å². The van der Waals surface area contributed by atoms with Crippen LogP contribution in [0, 0.1) is 13.8 Å². The van der Waals surface area contributed by atoms with Gasteiger partial charge in [-0.2, -0.15) is 0 Å². The first kappa shape index (κ1) is 12.0. The molecule has 2 saturated heterocycles. The molecule has 1 unspecified atom stereocenters. The highest BCUT2D eigenvalue weighted by atomic mass is 15.3. The number of anilines is 1. The molecule has 0 N–H and O–H groups in total. The monoisotopic (exact) mass is 245 g/mol. The smallest absolute Gasteiger partial charge is 0.0612 e. The summed E-state index contributed by atoms with van der Waals surface area (Å²) in [4.78, 5) is 9.73. The van der Waals surface area contributed by atoms with Crippen LogP contribution in [-0.2, 0) is 0 Å². The minimum atomic E-state index is 0.770. The number of hydrogen-bond acceptors (Lipinski definition) is 3. The summed E-state index contributed by atoms with van der Waals surface area (Å²) in [6.07, 6.45) is 5.95. The van der Waals surface area contributed by atoms with Crippen LogP contribution in [-0.4, -0.2) is 42.1 Å². The van der Waals surface area contributed by atoms with Gasteiger partial charge in [-0.1, -0.05) is 0 Å². The Morgan fingerprint density at radius 2 is 2.00 bits per heavy atom. The van der Waals surface area contributed by atoms with Crippen molar-refractivity contribution in [3.8, 4) is 0 Å². The minimum absolute atomic E-state index is 0.770. The number of fused-ring (bicyclic) bond motifs is 1. The zero-order chi connectivity index (χ0) is 12.5. The average molecular weight is 245 g/mol. The third-order valence-electron chi connectivity index (χ3n) is 4.43. The molecule has 3 heterocycles. The number of hydrogen-bond donors (Lipinski definition) is 0. The van der Waals surface area contributed by atoms with Crippen molar-refractivity contribution in [1.82, 2.24) is 9.88 Å². The molecule has 3 heteroatoms. The summed E-state index contributed by atoms with van der Waals surface area (Å²) in [6, 6.07) is 2.91. The lowest BCUT2D eigenvalue weighted by Crippen LogP contribution is -2.37. The summed E-state index contributed by atoms with van der Waals surface area (Å²) in [6.45, 7) is 9.30. The second kappa shape index (κ2) is 4.88. The second-order valence-corrected chi connectivity index (χ2v) is 5.69. The van der Waals surface area contributed by atoms with Crippen LogP contribution in [0.4, 0.5) is 5.69 Å². The van der Waals surface area contributed by atoms with Crippen molar-refractivity contribution in [2.24, 2.45) is 0 Å². The molecule has 3 rings (SSSR count). The molecule has 0 bridgehead atoms. The van der Waals surface area contributed by atoms with E-state index in [0.29, 0.717) is 0 Å². The molecule has 1 atom stereocenters. The summed E-state index contributed by atoms with van der Waals surface area (Å²) in [5.41, 5.74) is 3.93. The summed E-state index contributed by atoms with van der Waals surface area (Å²) < 4.78 is 0. The van der Waals surface area contributed by atoms with E-state index < -0.39 is 0 Å². The molecule has 1 aromatic heterocycles. The Hall–Kier alpha value is -1.09. The molecule has 0 amide bonds. The summed E-state index contributed by atoms with van der Waals surface area (Å²) in [7, 11) is 0. The summed E-state index contributed by atoms with van der Waals surface area (Å²) >= 11 is 0. The van der Waals surface area contributed by atoms with Crippen molar-refractivity contribution < 1.29 is 0 Å². The van der Waals surface area contributed by atoms with Crippen LogP contribution in [0.3, 0.4) is 0 Å². The Labute approximate surface area is 110 Å². The van der Waals surface area contributed by atoms with Gasteiger partial charge < -0.3 is 4.90 Å². The standard InChI is InChI=1S/C15H23N3/c1-12-6-7-16-13(2)15(12)18-10-4-9-17-8-3-5-14(17)11-18/h6-7,14H,3-5,8-11H2,1-2H3. The molecule has 2 aliphatic heterocycles. The van der Waals surface area contributed by atoms with Crippen LogP contribution in [0.25, 0.3) is 0 Å². The van der Waals surface area contributed by atoms with Gasteiger partial charge in [0.25, 0.3) is 0 Å². The number of aryl methyl sites for hydroxylation is 2. The quantitative estimate of drug-likeness (QED) is 0.757. The summed E-state index contributed by atoms with van der Waals surface area (Å²) in [5.74, 6) is 0. The average Bonchev–Trinajstić information content (AvgIpc) is 2.68. The van der Waals surface area contributed by atoms with Gasteiger partial charge in [-0.15, -0.1) is 0 Å². The van der Waals surface area contributed by atoms with Crippen LogP contribution in [0.15, 0.2) is 12.3 Å². The Balaban J connectivity index is 1.87. The molecule has 0 radical (unpaired) electrons. The zero-order valence-corrected chi connectivity index (χ0v) is 11.5. The molecular formula is C15H23N3. The topological polar surface area (TPSA) is 19.4 Å². The van der Waals surface area contributed by atoms with Gasteiger partial charge in [0, 0.05) is 31.9 Å². The number of aromatic nitrogens is 1. The van der Waals surface area contributed by atoms with Crippen molar-refractivity contribution in [3.63, 3.8) is 0 Å². The molecular weight excluding hydrogens is 222 g/mol. The lowest BCUT2D eigenvalue weighted by atomic mass is 10.1. The first-order valence-corrected chi connectivity index (χ1v) is 7.17. The summed E-state index contributed by atoms with van der Waals surface area (Å²) in [5, 5.41) is 0. The fraction of sp³-hybridized carbons (Fsp3) is 0.667. The van der Waals surface area contributed by atoms with E-state index in [1.54, 1.807) is 0 Å². The second-order valence-electron chi connectivity index (χ2n) is 5.69. The van der Waals surface area contributed by atoms with E-state index in [1.165, 1.54) is 62.4 Å². The van der Waals surface area contributed by atoms with Gasteiger partial charge in [-0.05, 0) is 51.3 Å². The molecule has 1 aromatic rings. The fourth-order valence-corrected chi connectivity index (χ4v) is 3.57. The van der Waals surface area contributed by atoms with E-state index in [1.807, 2.05) is 6.20 Å². The van der Waals surface area contributed by atoms with Gasteiger partial charge in [0.2, 0.25) is 0 Å². The Morgan fingerprint density at radius 3 is 2.83 bits per heavy atom. The van der Waals surface area contributed by atoms with Crippen LogP contribution >= 0.6 is 0 Å². The normalized spacial score (nSPS) is 25.0. The van der Waals surface area contributed by atoms with Crippen molar-refractivity contribution >= 4 is 5.69 Å². The fourth-order valence-electron chi connectivity index (χ4n) is 3.57. The van der Waals surface area contributed by atoms with Crippen LogP contribution in [0.5, 0.6) is 0 Å². The first-order valence-electron chi connectivity index (χ1n) is 7.17. The van der Waals surface area contributed by atoms with E-state index in [9.17, 15) is 0 Å². The van der Waals surface area contributed by atoms with E-state index in [0.717, 1.165) is 6.04 Å². The highest BCUT2D eigenvalue weighted by Crippen LogP contribution is 2.28. The Morgan fingerprint density at radius 1 is 1.17 bits per heavy atom. The maximum Gasteiger partial charge on any atom is 0.0612 e. The first-order chi connectivity index (χ1) is 8.75. The molecule has 0 saturated carbocycles. The number of pyridine rings is 1. The highest BCUT2D eigenvalue weighted by Gasteiger charge is 2.29. The third kappa shape index (κ3) is 2.12. The van der Waals surface area contributed by atoms with Crippen molar-refractivity contribution in [2.75, 3.05) is 31.1 Å². The SMILES string of the molecule is Cc1ccnc(C)c1N1CCCN2CCCC2C1. The van der Waals surface area contributed by atoms with E-state index in [4.69, 9.17) is 0 Å². The molecule has 0 spiro atoms. The molecule has 0 aliphatic carbocycles. The van der Waals surface area contributed by atoms with Gasteiger partial charge >= 0.3 is 0 Å². The van der Waals surface area contributed by atoms with Crippen LogP contribution < -0.4 is 4.90 Å². The predicted molar refractivity (Wildman–Crippen MR) is 75.1 cm³/mol. The third-order valence-corrected chi connectivity index (χ3v) is 4.43. The van der Waals surface area contributed by atoms with Crippen LogP contribution in [0.1, 0.15) is 30.5 Å². The van der Waals surface area contributed by atoms with E-state index >= 15 is 0 Å². The molecule has 2 fully saturated rings. The molecule has 18 heavy (non-hydrogen) atoms. The van der Waals surface area contributed by atoms with Gasteiger partial charge in [0.1, 0.15) is 0 Å². The molecule has 2 aliphatic rings. The number of nitrogens with zero attached hydrogens (tertiary/aromatic N) is 3. The molecule has 0 aromatic carbocycles. The van der Waals surface area contributed by atoms with Gasteiger partial charge in [0.15, 0.2) is 0 Å². The van der Waals surface area contributed by atoms with Gasteiger partial charge in [0.05, 0.1) is 11.4 Å². The Kier molecular flexibility index (Phi) is 3.25. The van der Waals surface area contributed by atoms with E-state index in [2.05, 4.69) is 34.7 Å². The van der Waals surface area contributed by atoms with Crippen molar-refractivity contribution in [2.45, 2.75) is 39.2 Å². The maximum atomic E-state index is 4.48. The van der Waals surface area contributed by atoms with Crippen molar-refractivity contribution in [1.29, 1.82) is 0 Å². The highest BCUT2D eigenvalue weighted by molar-refractivity contribution is 5.56.